The molecule has 3 rings (SSSR count). The number of imide groups is 1. The number of hydrogen-bond donors (Lipinski definition) is 0. The largest absolute Gasteiger partial charge is 0.291 e. The van der Waals surface area contributed by atoms with Crippen LogP contribution >= 0.6 is 27.3 Å². The lowest BCUT2D eigenvalue weighted by atomic mass is 9.98. The highest BCUT2D eigenvalue weighted by atomic mass is 79.9. The summed E-state index contributed by atoms with van der Waals surface area (Å²) in [6, 6.07) is 10.5. The lowest BCUT2D eigenvalue weighted by Crippen LogP contribution is -2.44. The summed E-state index contributed by atoms with van der Waals surface area (Å²) in [6.45, 7) is -0.209. The second kappa shape index (κ2) is 5.54. The number of amides is 2. The van der Waals surface area contributed by atoms with Crippen LogP contribution in [0.4, 0.5) is 0 Å². The molecule has 2 heterocycles. The highest BCUT2D eigenvalue weighted by Gasteiger charge is 2.32. The van der Waals surface area contributed by atoms with Crippen molar-refractivity contribution in [3.8, 4) is 0 Å². The third-order valence-corrected chi connectivity index (χ3v) is 4.95. The lowest BCUT2D eigenvalue weighted by molar-refractivity contribution is -0.128. The fourth-order valence-electron chi connectivity index (χ4n) is 2.25. The first-order valence-corrected chi connectivity index (χ1v) is 7.88. The Hall–Kier alpha value is -1.79. The van der Waals surface area contributed by atoms with E-state index >= 15 is 0 Å². The summed E-state index contributed by atoms with van der Waals surface area (Å²) < 4.78 is 0.840. The van der Waals surface area contributed by atoms with E-state index in [1.165, 1.54) is 11.3 Å². The molecule has 0 N–H and O–H groups in total. The molecule has 1 aromatic carbocycles. The number of carbonyl (C=O) groups excluding carboxylic acids is 3. The molecule has 1 aliphatic heterocycles. The van der Waals surface area contributed by atoms with Crippen LogP contribution in [0.15, 0.2) is 40.2 Å². The molecule has 0 unspecified atom stereocenters. The van der Waals surface area contributed by atoms with Gasteiger partial charge >= 0.3 is 0 Å². The molecule has 1 aliphatic rings. The molecule has 0 aliphatic carbocycles. The van der Waals surface area contributed by atoms with E-state index in [4.69, 9.17) is 0 Å². The fraction of sp³-hybridized carbons (Fsp3) is 0.133. The molecule has 106 valence electrons. The van der Waals surface area contributed by atoms with Crippen molar-refractivity contribution in [1.29, 1.82) is 0 Å². The van der Waals surface area contributed by atoms with Crippen LogP contribution in [0.1, 0.15) is 25.6 Å². The van der Waals surface area contributed by atoms with E-state index in [1.807, 2.05) is 0 Å². The van der Waals surface area contributed by atoms with Crippen molar-refractivity contribution in [2.24, 2.45) is 0 Å². The number of carbonyl (C=O) groups is 3. The van der Waals surface area contributed by atoms with Gasteiger partial charge < -0.3 is 0 Å². The molecule has 0 saturated carbocycles. The van der Waals surface area contributed by atoms with Crippen molar-refractivity contribution < 1.29 is 14.4 Å². The van der Waals surface area contributed by atoms with E-state index in [2.05, 4.69) is 15.9 Å². The Balaban J connectivity index is 1.85. The number of Topliss-reactive ketones (excluding diaryl/α,β-unsaturated/α-hetero) is 1. The van der Waals surface area contributed by atoms with Gasteiger partial charge in [0.2, 0.25) is 5.91 Å². The van der Waals surface area contributed by atoms with E-state index in [-0.39, 0.29) is 24.7 Å². The van der Waals surface area contributed by atoms with Crippen LogP contribution in [-0.2, 0) is 11.2 Å². The number of rotatable bonds is 3. The third kappa shape index (κ3) is 2.69. The SMILES string of the molecule is O=C(CN1C(=O)Cc2ccccc2C1=O)c1ccc(Br)s1. The molecule has 1 aromatic heterocycles. The number of thiophene rings is 1. The quantitative estimate of drug-likeness (QED) is 0.622. The van der Waals surface area contributed by atoms with Crippen molar-refractivity contribution in [2.45, 2.75) is 6.42 Å². The van der Waals surface area contributed by atoms with Crippen LogP contribution in [0, 0.1) is 0 Å². The zero-order valence-electron chi connectivity index (χ0n) is 10.8. The summed E-state index contributed by atoms with van der Waals surface area (Å²) >= 11 is 4.58. The number of ketones is 1. The maximum atomic E-state index is 12.3. The summed E-state index contributed by atoms with van der Waals surface area (Å²) in [4.78, 5) is 38.2. The fourth-order valence-corrected chi connectivity index (χ4v) is 3.56. The zero-order chi connectivity index (χ0) is 15.0. The number of fused-ring (bicyclic) bond motifs is 1. The maximum Gasteiger partial charge on any atom is 0.261 e. The van der Waals surface area contributed by atoms with Crippen LogP contribution < -0.4 is 0 Å². The Morgan fingerprint density at radius 3 is 2.67 bits per heavy atom. The van der Waals surface area contributed by atoms with E-state index in [0.717, 1.165) is 14.2 Å². The average Bonchev–Trinajstić information content (AvgIpc) is 2.90. The molecule has 0 bridgehead atoms. The molecule has 0 spiro atoms. The van der Waals surface area contributed by atoms with Gasteiger partial charge in [-0.2, -0.15) is 0 Å². The summed E-state index contributed by atoms with van der Waals surface area (Å²) in [7, 11) is 0. The van der Waals surface area contributed by atoms with Gasteiger partial charge in [0.25, 0.3) is 5.91 Å². The molecule has 0 radical (unpaired) electrons. The minimum Gasteiger partial charge on any atom is -0.291 e. The highest BCUT2D eigenvalue weighted by Crippen LogP contribution is 2.24. The summed E-state index contributed by atoms with van der Waals surface area (Å²) in [5, 5.41) is 0. The second-order valence-corrected chi connectivity index (χ2v) is 7.11. The van der Waals surface area contributed by atoms with E-state index in [1.54, 1.807) is 36.4 Å². The van der Waals surface area contributed by atoms with Gasteiger partial charge in [0, 0.05) is 5.56 Å². The van der Waals surface area contributed by atoms with Gasteiger partial charge in [-0.05, 0) is 39.7 Å². The smallest absolute Gasteiger partial charge is 0.261 e. The van der Waals surface area contributed by atoms with Gasteiger partial charge in [-0.25, -0.2) is 0 Å². The van der Waals surface area contributed by atoms with Gasteiger partial charge in [0.1, 0.15) is 0 Å². The number of benzene rings is 1. The van der Waals surface area contributed by atoms with Crippen molar-refractivity contribution in [2.75, 3.05) is 6.54 Å². The summed E-state index contributed by atoms with van der Waals surface area (Å²) in [5.74, 6) is -0.958. The van der Waals surface area contributed by atoms with E-state index < -0.39 is 5.91 Å². The minimum absolute atomic E-state index is 0.156. The van der Waals surface area contributed by atoms with Crippen LogP contribution in [-0.4, -0.2) is 29.0 Å². The minimum atomic E-state index is -0.397. The van der Waals surface area contributed by atoms with E-state index in [9.17, 15) is 14.4 Å². The molecule has 0 fully saturated rings. The Bertz CT molecular complexity index is 753. The van der Waals surface area contributed by atoms with Gasteiger partial charge in [0.05, 0.1) is 21.6 Å². The van der Waals surface area contributed by atoms with Gasteiger partial charge in [0.15, 0.2) is 5.78 Å². The standard InChI is InChI=1S/C15H10BrNO3S/c16-13-6-5-12(21-13)11(18)8-17-14(19)7-9-3-1-2-4-10(9)15(17)20/h1-6H,7-8H2. The highest BCUT2D eigenvalue weighted by molar-refractivity contribution is 9.11. The van der Waals surface area contributed by atoms with Crippen LogP contribution in [0.2, 0.25) is 0 Å². The summed E-state index contributed by atoms with van der Waals surface area (Å²) in [6.07, 6.45) is 0.156. The molecule has 6 heteroatoms. The Morgan fingerprint density at radius 2 is 1.95 bits per heavy atom. The van der Waals surface area contributed by atoms with Crippen molar-refractivity contribution in [1.82, 2.24) is 4.90 Å². The molecule has 0 atom stereocenters. The first-order valence-electron chi connectivity index (χ1n) is 6.27. The average molecular weight is 364 g/mol. The molecule has 0 saturated heterocycles. The van der Waals surface area contributed by atoms with Crippen molar-refractivity contribution in [3.63, 3.8) is 0 Å². The topological polar surface area (TPSA) is 54.5 Å². The lowest BCUT2D eigenvalue weighted by Gasteiger charge is -2.25. The first-order chi connectivity index (χ1) is 10.1. The zero-order valence-corrected chi connectivity index (χ0v) is 13.2. The predicted molar refractivity (Wildman–Crippen MR) is 82.5 cm³/mol. The second-order valence-electron chi connectivity index (χ2n) is 4.65. The Labute approximate surface area is 133 Å². The van der Waals surface area contributed by atoms with Crippen LogP contribution in [0.3, 0.4) is 0 Å². The van der Waals surface area contributed by atoms with Gasteiger partial charge in [-0.3, -0.25) is 19.3 Å². The van der Waals surface area contributed by atoms with Gasteiger partial charge in [-0.1, -0.05) is 18.2 Å². The molecule has 21 heavy (non-hydrogen) atoms. The number of halogens is 1. The first kappa shape index (κ1) is 14.2. The van der Waals surface area contributed by atoms with Crippen molar-refractivity contribution >= 4 is 44.9 Å². The molecular formula is C15H10BrNO3S. The number of nitrogens with zero attached hydrogens (tertiary/aromatic N) is 1. The summed E-state index contributed by atoms with van der Waals surface area (Å²) in [5.41, 5.74) is 1.22. The van der Waals surface area contributed by atoms with Crippen LogP contribution in [0.5, 0.6) is 0 Å². The third-order valence-electron chi connectivity index (χ3n) is 3.29. The monoisotopic (exact) mass is 363 g/mol. The normalized spacial score (nSPS) is 14.2. The van der Waals surface area contributed by atoms with Gasteiger partial charge in [-0.15, -0.1) is 11.3 Å². The Kier molecular flexibility index (Phi) is 3.73. The molecule has 2 aromatic rings. The molecule has 4 nitrogen and oxygen atoms in total. The van der Waals surface area contributed by atoms with Crippen molar-refractivity contribution in [3.05, 3.63) is 56.2 Å². The Morgan fingerprint density at radius 1 is 1.19 bits per heavy atom. The van der Waals surface area contributed by atoms with Crippen LogP contribution in [0.25, 0.3) is 0 Å². The number of hydrogen-bond acceptors (Lipinski definition) is 4. The van der Waals surface area contributed by atoms with E-state index in [0.29, 0.717) is 10.4 Å². The molecular weight excluding hydrogens is 354 g/mol. The molecule has 2 amide bonds. The maximum absolute atomic E-state index is 12.3. The predicted octanol–water partition coefficient (Wildman–Crippen LogP) is 2.92.